The average Bonchev–Trinajstić information content (AvgIpc) is 3.78. The van der Waals surface area contributed by atoms with E-state index in [1.807, 2.05) is 22.7 Å². The van der Waals surface area contributed by atoms with Crippen molar-refractivity contribution in [3.8, 4) is 22.3 Å². The summed E-state index contributed by atoms with van der Waals surface area (Å²) in [4.78, 5) is 2.39. The molecule has 1 nitrogen and oxygen atoms in total. The molecule has 0 bridgehead atoms. The summed E-state index contributed by atoms with van der Waals surface area (Å²) in [5, 5.41) is 10.3. The molecule has 3 heteroatoms. The van der Waals surface area contributed by atoms with Crippen LogP contribution in [0.5, 0.6) is 0 Å². The average molecular weight is 710 g/mol. The molecule has 0 unspecified atom stereocenters. The van der Waals surface area contributed by atoms with Crippen LogP contribution in [0.4, 0.5) is 17.1 Å². The predicted octanol–water partition coefficient (Wildman–Crippen LogP) is 15.5. The Balaban J connectivity index is 1.01. The number of thiophene rings is 2. The number of benzene rings is 9. The van der Waals surface area contributed by atoms with E-state index in [0.29, 0.717) is 0 Å². The van der Waals surface area contributed by atoms with E-state index in [4.69, 9.17) is 0 Å². The van der Waals surface area contributed by atoms with E-state index in [1.54, 1.807) is 0 Å². The van der Waals surface area contributed by atoms with Crippen molar-refractivity contribution >= 4 is 102 Å². The summed E-state index contributed by atoms with van der Waals surface area (Å²) in [7, 11) is 0. The van der Waals surface area contributed by atoms with Gasteiger partial charge in [-0.1, -0.05) is 115 Å². The van der Waals surface area contributed by atoms with Gasteiger partial charge in [0.25, 0.3) is 0 Å². The molecule has 11 rings (SSSR count). The molecule has 11 aromatic rings. The Labute approximate surface area is 315 Å². The number of anilines is 3. The maximum atomic E-state index is 2.39. The molecule has 53 heavy (non-hydrogen) atoms. The Morgan fingerprint density at radius 3 is 1.60 bits per heavy atom. The molecule has 2 aromatic heterocycles. The lowest BCUT2D eigenvalue weighted by atomic mass is 9.98. The van der Waals surface area contributed by atoms with Crippen molar-refractivity contribution in [3.05, 3.63) is 188 Å². The SMILES string of the molecule is c1ccc2c(-c3ccc(N(c4ccc(-c5ccc6cc7sc8ccccc8c7cc6c5)cc4)c4ccc5sc6ccccc6c5c4)cc3)cccc2c1. The number of nitrogens with zero attached hydrogens (tertiary/aromatic N) is 1. The van der Waals surface area contributed by atoms with Gasteiger partial charge in [0.05, 0.1) is 0 Å². The lowest BCUT2D eigenvalue weighted by molar-refractivity contribution is 1.29. The Morgan fingerprint density at radius 2 is 0.849 bits per heavy atom. The van der Waals surface area contributed by atoms with Crippen LogP contribution in [0, 0.1) is 0 Å². The minimum Gasteiger partial charge on any atom is -0.310 e. The van der Waals surface area contributed by atoms with Crippen molar-refractivity contribution in [2.24, 2.45) is 0 Å². The molecule has 0 aliphatic rings. The zero-order valence-corrected chi connectivity index (χ0v) is 30.3. The first-order valence-corrected chi connectivity index (χ1v) is 19.6. The molecular weight excluding hydrogens is 679 g/mol. The Bertz CT molecular complexity index is 3160. The molecule has 0 atom stereocenters. The van der Waals surface area contributed by atoms with E-state index >= 15 is 0 Å². The first-order valence-electron chi connectivity index (χ1n) is 18.0. The zero-order chi connectivity index (χ0) is 34.9. The predicted molar refractivity (Wildman–Crippen MR) is 233 cm³/mol. The summed E-state index contributed by atoms with van der Waals surface area (Å²) in [5.41, 5.74) is 8.28. The monoisotopic (exact) mass is 709 g/mol. The fraction of sp³-hybridized carbons (Fsp3) is 0. The van der Waals surface area contributed by atoms with Gasteiger partial charge in [0.15, 0.2) is 0 Å². The van der Waals surface area contributed by atoms with Gasteiger partial charge in [-0.05, 0) is 117 Å². The third-order valence-corrected chi connectivity index (χ3v) is 12.9. The van der Waals surface area contributed by atoms with Crippen LogP contribution in [0.3, 0.4) is 0 Å². The highest BCUT2D eigenvalue weighted by atomic mass is 32.1. The Morgan fingerprint density at radius 1 is 0.283 bits per heavy atom. The first-order chi connectivity index (χ1) is 26.2. The second-order valence-corrected chi connectivity index (χ2v) is 15.9. The van der Waals surface area contributed by atoms with E-state index < -0.39 is 0 Å². The van der Waals surface area contributed by atoms with E-state index in [2.05, 4.69) is 193 Å². The number of hydrogen-bond acceptors (Lipinski definition) is 3. The molecule has 9 aromatic carbocycles. The van der Waals surface area contributed by atoms with Crippen molar-refractivity contribution in [2.45, 2.75) is 0 Å². The largest absolute Gasteiger partial charge is 0.310 e. The third kappa shape index (κ3) is 5.12. The quantitative estimate of drug-likeness (QED) is 0.172. The standard InChI is InChI=1S/C50H31NS2/c1-2-10-41-33(8-1)9-7-13-42(41)34-20-24-39(25-21-34)51(40-26-27-49-46(31-40)44-12-4-5-14-47(44)52-49)38-22-18-32(19-23-38)35-16-17-36-30-50-45(29-37(36)28-35)43-11-3-6-15-48(43)53-50/h1-31H. The van der Waals surface area contributed by atoms with Crippen LogP contribution in [-0.2, 0) is 0 Å². The van der Waals surface area contributed by atoms with Gasteiger partial charge in [-0.15, -0.1) is 22.7 Å². The second kappa shape index (κ2) is 12.2. The fourth-order valence-electron chi connectivity index (χ4n) is 8.02. The van der Waals surface area contributed by atoms with Gasteiger partial charge in [0.1, 0.15) is 0 Å². The van der Waals surface area contributed by atoms with Crippen LogP contribution in [0.1, 0.15) is 0 Å². The summed E-state index contributed by atoms with van der Waals surface area (Å²) >= 11 is 3.73. The third-order valence-electron chi connectivity index (χ3n) is 10.6. The summed E-state index contributed by atoms with van der Waals surface area (Å²) in [5.74, 6) is 0. The van der Waals surface area contributed by atoms with Crippen LogP contribution < -0.4 is 4.90 Å². The molecule has 0 fully saturated rings. The van der Waals surface area contributed by atoms with E-state index in [0.717, 1.165) is 17.1 Å². The minimum atomic E-state index is 1.12. The van der Waals surface area contributed by atoms with Gasteiger partial charge in [0.2, 0.25) is 0 Å². The van der Waals surface area contributed by atoms with Gasteiger partial charge < -0.3 is 4.90 Å². The molecule has 248 valence electrons. The van der Waals surface area contributed by atoms with Crippen molar-refractivity contribution in [1.29, 1.82) is 0 Å². The maximum absolute atomic E-state index is 2.39. The summed E-state index contributed by atoms with van der Waals surface area (Å²) in [6.07, 6.45) is 0. The lowest BCUT2D eigenvalue weighted by Gasteiger charge is -2.26. The number of fused-ring (bicyclic) bond motifs is 8. The van der Waals surface area contributed by atoms with E-state index in [-0.39, 0.29) is 0 Å². The molecule has 0 spiro atoms. The second-order valence-electron chi connectivity index (χ2n) is 13.7. The Kier molecular flexibility index (Phi) is 6.97. The van der Waals surface area contributed by atoms with Gasteiger partial charge in [-0.25, -0.2) is 0 Å². The molecular formula is C50H31NS2. The van der Waals surface area contributed by atoms with Gasteiger partial charge in [-0.3, -0.25) is 0 Å². The van der Waals surface area contributed by atoms with E-state index in [9.17, 15) is 0 Å². The minimum absolute atomic E-state index is 1.12. The highest BCUT2D eigenvalue weighted by Crippen LogP contribution is 2.42. The van der Waals surface area contributed by atoms with Crippen LogP contribution in [-0.4, -0.2) is 0 Å². The van der Waals surface area contributed by atoms with Crippen molar-refractivity contribution < 1.29 is 0 Å². The van der Waals surface area contributed by atoms with Gasteiger partial charge >= 0.3 is 0 Å². The van der Waals surface area contributed by atoms with Gasteiger partial charge in [-0.2, -0.15) is 0 Å². The van der Waals surface area contributed by atoms with Crippen molar-refractivity contribution in [3.63, 3.8) is 0 Å². The van der Waals surface area contributed by atoms with E-state index in [1.165, 1.54) is 84.1 Å². The molecule has 0 amide bonds. The van der Waals surface area contributed by atoms with Crippen LogP contribution >= 0.6 is 22.7 Å². The molecule has 0 aliphatic heterocycles. The molecule has 2 heterocycles. The molecule has 0 N–H and O–H groups in total. The lowest BCUT2D eigenvalue weighted by Crippen LogP contribution is -2.09. The highest BCUT2D eigenvalue weighted by Gasteiger charge is 2.16. The van der Waals surface area contributed by atoms with Gasteiger partial charge in [0, 0.05) is 57.4 Å². The van der Waals surface area contributed by atoms with Crippen LogP contribution in [0.15, 0.2) is 188 Å². The maximum Gasteiger partial charge on any atom is 0.0468 e. The zero-order valence-electron chi connectivity index (χ0n) is 28.7. The highest BCUT2D eigenvalue weighted by molar-refractivity contribution is 7.26. The molecule has 0 radical (unpaired) electrons. The van der Waals surface area contributed by atoms with Crippen LogP contribution in [0.25, 0.3) is 84.1 Å². The normalized spacial score (nSPS) is 11.8. The molecule has 0 aliphatic carbocycles. The summed E-state index contributed by atoms with van der Waals surface area (Å²) < 4.78 is 5.31. The summed E-state index contributed by atoms with van der Waals surface area (Å²) in [6.45, 7) is 0. The number of rotatable bonds is 5. The first kappa shape index (κ1) is 30.4. The number of hydrogen-bond donors (Lipinski definition) is 0. The topological polar surface area (TPSA) is 3.24 Å². The van der Waals surface area contributed by atoms with Crippen LogP contribution in [0.2, 0.25) is 0 Å². The van der Waals surface area contributed by atoms with Crippen molar-refractivity contribution in [1.82, 2.24) is 0 Å². The molecule has 0 saturated heterocycles. The van der Waals surface area contributed by atoms with Crippen molar-refractivity contribution in [2.75, 3.05) is 4.90 Å². The Hall–Kier alpha value is -6.26. The smallest absolute Gasteiger partial charge is 0.0468 e. The molecule has 0 saturated carbocycles. The fourth-order valence-corrected chi connectivity index (χ4v) is 10.2. The summed E-state index contributed by atoms with van der Waals surface area (Å²) in [6, 6.07) is 69.3.